The Kier molecular flexibility index (Phi) is 9.52. The van der Waals surface area contributed by atoms with Crippen LogP contribution < -0.4 is 5.32 Å². The number of nitrogens with one attached hydrogen (secondary N) is 1. The molecule has 0 saturated carbocycles. The van der Waals surface area contributed by atoms with Crippen molar-refractivity contribution in [3.05, 3.63) is 35.9 Å². The lowest BCUT2D eigenvalue weighted by atomic mass is 9.94. The maximum atomic E-state index is 5.22. The van der Waals surface area contributed by atoms with Crippen LogP contribution in [0.25, 0.3) is 0 Å². The maximum Gasteiger partial charge on any atom is 0.484 e. The highest BCUT2D eigenvalue weighted by atomic mass is 28.3. The summed E-state index contributed by atoms with van der Waals surface area (Å²) in [6, 6.07) is 10.7. The fraction of sp³-hybridized carbons (Fsp3) is 0.600. The molecule has 1 N–H and O–H groups in total. The third-order valence-corrected chi connectivity index (χ3v) is 4.78. The average Bonchev–Trinajstić information content (AvgIpc) is 2.40. The third kappa shape index (κ3) is 6.63. The monoisotopic (exact) mass is 297 g/mol. The molecule has 5 heteroatoms. The molecule has 1 heterocycles. The summed E-state index contributed by atoms with van der Waals surface area (Å²) in [5, 5.41) is 3.26. The van der Waals surface area contributed by atoms with Crippen LogP contribution in [0.4, 0.5) is 0 Å². The van der Waals surface area contributed by atoms with Crippen molar-refractivity contribution in [3.63, 3.8) is 0 Å². The molecule has 0 radical (unpaired) electrons. The Balaban J connectivity index is 0.000000200. The van der Waals surface area contributed by atoms with Gasteiger partial charge in [-0.15, -0.1) is 0 Å². The van der Waals surface area contributed by atoms with E-state index in [0.717, 1.165) is 19.0 Å². The van der Waals surface area contributed by atoms with E-state index < -0.39 is 9.53 Å². The summed E-state index contributed by atoms with van der Waals surface area (Å²) in [6.45, 7) is 10.2. The normalized spacial score (nSPS) is 14.6. The molecule has 0 amide bonds. The van der Waals surface area contributed by atoms with Crippen LogP contribution in [-0.4, -0.2) is 42.4 Å². The van der Waals surface area contributed by atoms with Gasteiger partial charge in [0.05, 0.1) is 0 Å². The molecule has 0 spiro atoms. The van der Waals surface area contributed by atoms with Crippen molar-refractivity contribution in [2.75, 3.05) is 32.9 Å². The zero-order chi connectivity index (χ0) is 14.6. The van der Waals surface area contributed by atoms with E-state index in [9.17, 15) is 0 Å². The van der Waals surface area contributed by atoms with Gasteiger partial charge in [-0.25, -0.2) is 0 Å². The SMILES string of the molecule is CCO[SiH](OCC)OCC.c1ccc(C2CNC2)cc1. The minimum absolute atomic E-state index is 0.677. The minimum Gasteiger partial charge on any atom is -0.376 e. The first kappa shape index (κ1) is 17.3. The Morgan fingerprint density at radius 3 is 1.80 bits per heavy atom. The van der Waals surface area contributed by atoms with E-state index in [0.29, 0.717) is 19.8 Å². The molecule has 1 saturated heterocycles. The van der Waals surface area contributed by atoms with Crippen LogP contribution in [0.2, 0.25) is 0 Å². The second-order valence-electron chi connectivity index (χ2n) is 4.42. The molecule has 0 aliphatic carbocycles. The Morgan fingerprint density at radius 2 is 1.45 bits per heavy atom. The van der Waals surface area contributed by atoms with Crippen molar-refractivity contribution in [2.24, 2.45) is 0 Å². The number of hydrogen-bond donors (Lipinski definition) is 1. The molecule has 2 rings (SSSR count). The Bertz CT molecular complexity index is 319. The Labute approximate surface area is 124 Å². The van der Waals surface area contributed by atoms with E-state index in [1.54, 1.807) is 0 Å². The van der Waals surface area contributed by atoms with E-state index in [-0.39, 0.29) is 0 Å². The van der Waals surface area contributed by atoms with Gasteiger partial charge in [-0.2, -0.15) is 0 Å². The fourth-order valence-corrected chi connectivity index (χ4v) is 2.91. The number of rotatable bonds is 7. The summed E-state index contributed by atoms with van der Waals surface area (Å²) < 4.78 is 15.7. The molecule has 0 unspecified atom stereocenters. The lowest BCUT2D eigenvalue weighted by Crippen LogP contribution is -2.39. The first-order valence-corrected chi connectivity index (χ1v) is 8.83. The van der Waals surface area contributed by atoms with Crippen LogP contribution >= 0.6 is 0 Å². The van der Waals surface area contributed by atoms with Crippen molar-refractivity contribution in [1.29, 1.82) is 0 Å². The summed E-state index contributed by atoms with van der Waals surface area (Å²) in [5.41, 5.74) is 1.47. The molecule has 20 heavy (non-hydrogen) atoms. The zero-order valence-corrected chi connectivity index (χ0v) is 14.0. The van der Waals surface area contributed by atoms with E-state index in [2.05, 4.69) is 35.6 Å². The van der Waals surface area contributed by atoms with Gasteiger partial charge in [0.2, 0.25) is 0 Å². The molecule has 1 fully saturated rings. The molecular formula is C15H27NO3Si. The Hall–Kier alpha value is -0.723. The van der Waals surface area contributed by atoms with Crippen LogP contribution in [-0.2, 0) is 13.3 Å². The summed E-state index contributed by atoms with van der Waals surface area (Å²) in [6.07, 6.45) is 0. The largest absolute Gasteiger partial charge is 0.484 e. The first-order chi connectivity index (χ1) is 9.81. The van der Waals surface area contributed by atoms with Crippen molar-refractivity contribution >= 4 is 9.53 Å². The Morgan fingerprint density at radius 1 is 0.950 bits per heavy atom. The average molecular weight is 297 g/mol. The smallest absolute Gasteiger partial charge is 0.376 e. The molecule has 4 nitrogen and oxygen atoms in total. The third-order valence-electron chi connectivity index (χ3n) is 2.96. The van der Waals surface area contributed by atoms with Crippen molar-refractivity contribution in [3.8, 4) is 0 Å². The summed E-state index contributed by atoms with van der Waals surface area (Å²) in [4.78, 5) is 0. The number of hydrogen-bond acceptors (Lipinski definition) is 4. The van der Waals surface area contributed by atoms with Gasteiger partial charge in [0.15, 0.2) is 0 Å². The minimum atomic E-state index is -1.73. The van der Waals surface area contributed by atoms with Gasteiger partial charge in [0, 0.05) is 38.8 Å². The van der Waals surface area contributed by atoms with E-state index in [1.807, 2.05) is 20.8 Å². The lowest BCUT2D eigenvalue weighted by Gasteiger charge is -2.27. The molecule has 1 aliphatic rings. The highest BCUT2D eigenvalue weighted by Crippen LogP contribution is 2.18. The summed E-state index contributed by atoms with van der Waals surface area (Å²) >= 11 is 0. The molecule has 1 aliphatic heterocycles. The second-order valence-corrected chi connectivity index (χ2v) is 6.00. The first-order valence-electron chi connectivity index (χ1n) is 7.42. The molecule has 1 aromatic carbocycles. The van der Waals surface area contributed by atoms with Gasteiger partial charge in [-0.1, -0.05) is 30.3 Å². The van der Waals surface area contributed by atoms with Crippen molar-refractivity contribution in [1.82, 2.24) is 5.32 Å². The predicted molar refractivity (Wildman–Crippen MR) is 84.1 cm³/mol. The fourth-order valence-electron chi connectivity index (χ4n) is 1.80. The van der Waals surface area contributed by atoms with Crippen LogP contribution in [0.3, 0.4) is 0 Å². The van der Waals surface area contributed by atoms with E-state index in [1.165, 1.54) is 5.56 Å². The molecule has 0 atom stereocenters. The topological polar surface area (TPSA) is 39.7 Å². The molecular weight excluding hydrogens is 270 g/mol. The predicted octanol–water partition coefficient (Wildman–Crippen LogP) is 2.19. The van der Waals surface area contributed by atoms with Crippen molar-refractivity contribution < 1.29 is 13.3 Å². The summed E-state index contributed by atoms with van der Waals surface area (Å²) in [5.74, 6) is 0.779. The molecule has 0 bridgehead atoms. The summed E-state index contributed by atoms with van der Waals surface area (Å²) in [7, 11) is -1.73. The van der Waals surface area contributed by atoms with Crippen molar-refractivity contribution in [2.45, 2.75) is 26.7 Å². The van der Waals surface area contributed by atoms with Gasteiger partial charge < -0.3 is 18.6 Å². The van der Waals surface area contributed by atoms with Crippen LogP contribution in [0.1, 0.15) is 32.3 Å². The van der Waals surface area contributed by atoms with Gasteiger partial charge in [0.25, 0.3) is 0 Å². The maximum absolute atomic E-state index is 5.22. The van der Waals surface area contributed by atoms with Crippen LogP contribution in [0.15, 0.2) is 30.3 Å². The zero-order valence-electron chi connectivity index (χ0n) is 12.8. The second kappa shape index (κ2) is 11.0. The van der Waals surface area contributed by atoms with Gasteiger partial charge in [-0.05, 0) is 26.3 Å². The standard InChI is InChI=1S/C9H11N.C6H16O3Si/c1-2-4-8(5-3-1)9-6-10-7-9;1-4-7-10(8-5-2)9-6-3/h1-5,9-10H,6-7H2;10H,4-6H2,1-3H3. The lowest BCUT2D eigenvalue weighted by molar-refractivity contribution is 0.107. The quantitative estimate of drug-likeness (QED) is 0.783. The molecule has 1 aromatic rings. The van der Waals surface area contributed by atoms with Crippen LogP contribution in [0, 0.1) is 0 Å². The molecule has 114 valence electrons. The van der Waals surface area contributed by atoms with Gasteiger partial charge in [0.1, 0.15) is 0 Å². The number of benzene rings is 1. The van der Waals surface area contributed by atoms with Gasteiger partial charge >= 0.3 is 9.53 Å². The highest BCUT2D eigenvalue weighted by Gasteiger charge is 2.17. The van der Waals surface area contributed by atoms with E-state index in [4.69, 9.17) is 13.3 Å². The van der Waals surface area contributed by atoms with Crippen LogP contribution in [0.5, 0.6) is 0 Å². The molecule has 0 aromatic heterocycles. The highest BCUT2D eigenvalue weighted by molar-refractivity contribution is 6.36. The van der Waals surface area contributed by atoms with Gasteiger partial charge in [-0.3, -0.25) is 0 Å². The van der Waals surface area contributed by atoms with E-state index >= 15 is 0 Å².